The lowest BCUT2D eigenvalue weighted by Crippen LogP contribution is -2.40. The zero-order valence-electron chi connectivity index (χ0n) is 11.2. The Balaban J connectivity index is 1.75. The molecule has 98 valence electrons. The maximum Gasteiger partial charge on any atom is 0.0951 e. The third kappa shape index (κ3) is 2.32. The molecule has 2 unspecified atom stereocenters. The van der Waals surface area contributed by atoms with Crippen LogP contribution < -0.4 is 0 Å². The largest absolute Gasteiger partial charge is 0.387 e. The maximum absolute atomic E-state index is 10.5. The highest BCUT2D eigenvalue weighted by molar-refractivity contribution is 5.35. The minimum absolute atomic E-state index is 0.286. The van der Waals surface area contributed by atoms with E-state index in [0.29, 0.717) is 6.04 Å². The van der Waals surface area contributed by atoms with Crippen molar-refractivity contribution in [3.8, 4) is 0 Å². The van der Waals surface area contributed by atoms with Crippen LogP contribution in [0.3, 0.4) is 0 Å². The van der Waals surface area contributed by atoms with Gasteiger partial charge in [-0.1, -0.05) is 31.2 Å². The molecule has 0 aromatic heterocycles. The Morgan fingerprint density at radius 3 is 2.72 bits per heavy atom. The molecule has 0 radical (unpaired) electrons. The summed E-state index contributed by atoms with van der Waals surface area (Å²) in [4.78, 5) is 2.53. The summed E-state index contributed by atoms with van der Waals surface area (Å²) in [5.74, 6) is 0.896. The highest BCUT2D eigenvalue weighted by Gasteiger charge is 2.36. The first-order valence-electron chi connectivity index (χ1n) is 7.29. The molecule has 2 nitrogen and oxygen atoms in total. The van der Waals surface area contributed by atoms with Gasteiger partial charge in [0.1, 0.15) is 0 Å². The van der Waals surface area contributed by atoms with Gasteiger partial charge in [-0.2, -0.15) is 0 Å². The number of aliphatic hydroxyl groups is 1. The minimum atomic E-state index is -0.286. The Hall–Kier alpha value is -0.860. The van der Waals surface area contributed by atoms with Crippen molar-refractivity contribution in [1.82, 2.24) is 4.90 Å². The van der Waals surface area contributed by atoms with E-state index in [9.17, 15) is 5.11 Å². The molecule has 0 bridgehead atoms. The molecule has 2 atom stereocenters. The van der Waals surface area contributed by atoms with Crippen LogP contribution in [0.5, 0.6) is 0 Å². The average molecular weight is 245 g/mol. The molecular weight excluding hydrogens is 222 g/mol. The number of aliphatic hydroxyl groups excluding tert-OH is 1. The second-order valence-electron chi connectivity index (χ2n) is 5.85. The van der Waals surface area contributed by atoms with Gasteiger partial charge >= 0.3 is 0 Å². The fourth-order valence-corrected chi connectivity index (χ4v) is 3.19. The number of hydrogen-bond donors (Lipinski definition) is 1. The predicted molar refractivity (Wildman–Crippen MR) is 73.5 cm³/mol. The van der Waals surface area contributed by atoms with Crippen molar-refractivity contribution in [3.05, 3.63) is 35.4 Å². The Labute approximate surface area is 110 Å². The fraction of sp³-hybridized carbons (Fsp3) is 0.625. The molecule has 1 saturated carbocycles. The third-order valence-corrected chi connectivity index (χ3v) is 4.34. The first-order valence-corrected chi connectivity index (χ1v) is 7.29. The highest BCUT2D eigenvalue weighted by atomic mass is 16.3. The van der Waals surface area contributed by atoms with E-state index in [1.165, 1.54) is 31.4 Å². The molecular formula is C16H23NO. The summed E-state index contributed by atoms with van der Waals surface area (Å²) in [5.41, 5.74) is 2.49. The van der Waals surface area contributed by atoms with E-state index in [4.69, 9.17) is 0 Å². The molecule has 2 aliphatic rings. The van der Waals surface area contributed by atoms with Gasteiger partial charge in [0.2, 0.25) is 0 Å². The Kier molecular flexibility index (Phi) is 3.40. The summed E-state index contributed by atoms with van der Waals surface area (Å²) in [7, 11) is 0. The maximum atomic E-state index is 10.5. The van der Waals surface area contributed by atoms with E-state index in [1.54, 1.807) is 0 Å². The second kappa shape index (κ2) is 5.02. The molecule has 0 saturated heterocycles. The quantitative estimate of drug-likeness (QED) is 0.862. The summed E-state index contributed by atoms with van der Waals surface area (Å²) in [6.07, 6.45) is 4.67. The first kappa shape index (κ1) is 12.2. The molecule has 1 aromatic rings. The number of benzene rings is 1. The average Bonchev–Trinajstić information content (AvgIpc) is 3.13. The van der Waals surface area contributed by atoms with Gasteiger partial charge < -0.3 is 5.11 Å². The highest BCUT2D eigenvalue weighted by Crippen LogP contribution is 2.37. The SMILES string of the molecule is CCCN(CC1CC1)C1Cc2ccccc2C1O. The van der Waals surface area contributed by atoms with E-state index >= 15 is 0 Å². The smallest absolute Gasteiger partial charge is 0.0951 e. The predicted octanol–water partition coefficient (Wildman–Crippen LogP) is 2.77. The molecule has 0 aliphatic heterocycles. The topological polar surface area (TPSA) is 23.5 Å². The van der Waals surface area contributed by atoms with Crippen LogP contribution in [0.2, 0.25) is 0 Å². The Morgan fingerprint density at radius 2 is 2.06 bits per heavy atom. The van der Waals surface area contributed by atoms with Crippen molar-refractivity contribution in [3.63, 3.8) is 0 Å². The van der Waals surface area contributed by atoms with Crippen LogP contribution >= 0.6 is 0 Å². The van der Waals surface area contributed by atoms with E-state index in [-0.39, 0.29) is 6.10 Å². The van der Waals surface area contributed by atoms with Crippen LogP contribution in [-0.2, 0) is 6.42 Å². The van der Waals surface area contributed by atoms with Gasteiger partial charge in [-0.15, -0.1) is 0 Å². The van der Waals surface area contributed by atoms with Crippen LogP contribution in [0.15, 0.2) is 24.3 Å². The van der Waals surface area contributed by atoms with Crippen molar-refractivity contribution in [1.29, 1.82) is 0 Å². The van der Waals surface area contributed by atoms with Gasteiger partial charge in [-0.3, -0.25) is 4.90 Å². The summed E-state index contributed by atoms with van der Waals surface area (Å²) in [5, 5.41) is 10.5. The molecule has 0 amide bonds. The van der Waals surface area contributed by atoms with Crippen LogP contribution in [0, 0.1) is 5.92 Å². The first-order chi connectivity index (χ1) is 8.79. The lowest BCUT2D eigenvalue weighted by Gasteiger charge is -2.31. The minimum Gasteiger partial charge on any atom is -0.387 e. The standard InChI is InChI=1S/C16H23NO/c1-2-9-17(11-12-7-8-12)15-10-13-5-3-4-6-14(13)16(15)18/h3-6,12,15-16,18H,2,7-11H2,1H3. The van der Waals surface area contributed by atoms with Crippen LogP contribution in [0.4, 0.5) is 0 Å². The van der Waals surface area contributed by atoms with Crippen molar-refractivity contribution >= 4 is 0 Å². The zero-order chi connectivity index (χ0) is 12.5. The van der Waals surface area contributed by atoms with Crippen molar-refractivity contribution in [2.75, 3.05) is 13.1 Å². The van der Waals surface area contributed by atoms with Gasteiger partial charge in [-0.25, -0.2) is 0 Å². The lowest BCUT2D eigenvalue weighted by molar-refractivity contribution is 0.0576. The van der Waals surface area contributed by atoms with Gasteiger partial charge in [0, 0.05) is 12.6 Å². The van der Waals surface area contributed by atoms with E-state index in [2.05, 4.69) is 30.0 Å². The van der Waals surface area contributed by atoms with Gasteiger partial charge in [0.25, 0.3) is 0 Å². The third-order valence-electron chi connectivity index (χ3n) is 4.34. The second-order valence-corrected chi connectivity index (χ2v) is 5.85. The molecule has 2 aliphatic carbocycles. The Morgan fingerprint density at radius 1 is 1.28 bits per heavy atom. The van der Waals surface area contributed by atoms with Gasteiger partial charge in [0.15, 0.2) is 0 Å². The molecule has 3 rings (SSSR count). The van der Waals surface area contributed by atoms with Crippen molar-refractivity contribution < 1.29 is 5.11 Å². The zero-order valence-corrected chi connectivity index (χ0v) is 11.2. The van der Waals surface area contributed by atoms with Crippen LogP contribution in [0.25, 0.3) is 0 Å². The molecule has 0 heterocycles. The van der Waals surface area contributed by atoms with E-state index in [1.807, 2.05) is 6.07 Å². The number of nitrogens with zero attached hydrogens (tertiary/aromatic N) is 1. The molecule has 1 N–H and O–H groups in total. The summed E-state index contributed by atoms with van der Waals surface area (Å²) >= 11 is 0. The number of fused-ring (bicyclic) bond motifs is 1. The van der Waals surface area contributed by atoms with Crippen molar-refractivity contribution in [2.45, 2.75) is 44.8 Å². The van der Waals surface area contributed by atoms with Crippen molar-refractivity contribution in [2.24, 2.45) is 5.92 Å². The summed E-state index contributed by atoms with van der Waals surface area (Å²) in [6, 6.07) is 8.68. The van der Waals surface area contributed by atoms with Gasteiger partial charge in [-0.05, 0) is 49.3 Å². The van der Waals surface area contributed by atoms with E-state index in [0.717, 1.165) is 24.4 Å². The molecule has 18 heavy (non-hydrogen) atoms. The summed E-state index contributed by atoms with van der Waals surface area (Å²) in [6.45, 7) is 4.53. The number of hydrogen-bond acceptors (Lipinski definition) is 2. The van der Waals surface area contributed by atoms with Gasteiger partial charge in [0.05, 0.1) is 6.10 Å². The normalized spacial score (nSPS) is 26.6. The summed E-state index contributed by atoms with van der Waals surface area (Å²) < 4.78 is 0. The molecule has 1 fully saturated rings. The van der Waals surface area contributed by atoms with Crippen LogP contribution in [0.1, 0.15) is 43.4 Å². The molecule has 1 aromatic carbocycles. The Bertz CT molecular complexity index is 413. The number of rotatable bonds is 5. The van der Waals surface area contributed by atoms with E-state index < -0.39 is 0 Å². The fourth-order valence-electron chi connectivity index (χ4n) is 3.19. The molecule has 0 spiro atoms. The molecule has 2 heteroatoms. The van der Waals surface area contributed by atoms with Crippen LogP contribution in [-0.4, -0.2) is 29.1 Å². The lowest BCUT2D eigenvalue weighted by atomic mass is 10.1. The monoisotopic (exact) mass is 245 g/mol.